The van der Waals surface area contributed by atoms with Gasteiger partial charge in [-0.15, -0.1) is 0 Å². The van der Waals surface area contributed by atoms with Crippen LogP contribution in [-0.4, -0.2) is 17.8 Å². The van der Waals surface area contributed by atoms with Crippen LogP contribution < -0.4 is 5.32 Å². The average Bonchev–Trinajstić information content (AvgIpc) is 2.08. The minimum atomic E-state index is -0.467. The molecule has 0 aliphatic rings. The first-order valence-corrected chi connectivity index (χ1v) is 5.32. The maximum Gasteiger partial charge on any atom is 0.126 e. The SMILES string of the molecule is CC(O)CCNc1c(Cl)cc(F)cc1Cl. The molecule has 0 aliphatic heterocycles. The molecular weight excluding hydrogens is 240 g/mol. The number of halogens is 3. The summed E-state index contributed by atoms with van der Waals surface area (Å²) >= 11 is 11.6. The normalized spacial score (nSPS) is 12.6. The lowest BCUT2D eigenvalue weighted by atomic mass is 10.2. The van der Waals surface area contributed by atoms with Crippen molar-refractivity contribution in [2.75, 3.05) is 11.9 Å². The summed E-state index contributed by atoms with van der Waals surface area (Å²) in [6.45, 7) is 2.22. The Morgan fingerprint density at radius 3 is 2.40 bits per heavy atom. The molecule has 0 radical (unpaired) electrons. The predicted octanol–water partition coefficient (Wildman–Crippen LogP) is 3.32. The Morgan fingerprint density at radius 1 is 1.40 bits per heavy atom. The lowest BCUT2D eigenvalue weighted by Crippen LogP contribution is -2.10. The molecule has 1 aromatic carbocycles. The summed E-state index contributed by atoms with van der Waals surface area (Å²) in [7, 11) is 0. The third-order valence-electron chi connectivity index (χ3n) is 1.87. The molecular formula is C10H12Cl2FNO. The number of aliphatic hydroxyl groups excluding tert-OH is 1. The highest BCUT2D eigenvalue weighted by atomic mass is 35.5. The van der Waals surface area contributed by atoms with Crippen LogP contribution in [0.1, 0.15) is 13.3 Å². The van der Waals surface area contributed by atoms with E-state index in [1.807, 2.05) is 0 Å². The van der Waals surface area contributed by atoms with Gasteiger partial charge in [-0.25, -0.2) is 4.39 Å². The maximum absolute atomic E-state index is 12.8. The first-order valence-electron chi connectivity index (χ1n) is 4.57. The monoisotopic (exact) mass is 251 g/mol. The lowest BCUT2D eigenvalue weighted by molar-refractivity contribution is 0.189. The van der Waals surface area contributed by atoms with E-state index in [-0.39, 0.29) is 10.0 Å². The number of hydrogen-bond donors (Lipinski definition) is 2. The van der Waals surface area contributed by atoms with Crippen LogP contribution in [0.2, 0.25) is 10.0 Å². The topological polar surface area (TPSA) is 32.3 Å². The molecule has 2 N–H and O–H groups in total. The van der Waals surface area contributed by atoms with E-state index in [2.05, 4.69) is 5.32 Å². The van der Waals surface area contributed by atoms with Crippen molar-refractivity contribution in [3.8, 4) is 0 Å². The quantitative estimate of drug-likeness (QED) is 0.861. The number of benzene rings is 1. The van der Waals surface area contributed by atoms with Gasteiger partial charge in [-0.2, -0.15) is 0 Å². The third-order valence-corrected chi connectivity index (χ3v) is 2.47. The van der Waals surface area contributed by atoms with Crippen LogP contribution in [0.4, 0.5) is 10.1 Å². The number of aliphatic hydroxyl groups is 1. The van der Waals surface area contributed by atoms with Crippen molar-refractivity contribution in [1.29, 1.82) is 0 Å². The number of anilines is 1. The van der Waals surface area contributed by atoms with Gasteiger partial charge in [0.1, 0.15) is 5.82 Å². The molecule has 0 saturated heterocycles. The average molecular weight is 252 g/mol. The van der Waals surface area contributed by atoms with E-state index < -0.39 is 11.9 Å². The molecule has 15 heavy (non-hydrogen) atoms. The van der Waals surface area contributed by atoms with Crippen molar-refractivity contribution in [2.24, 2.45) is 0 Å². The van der Waals surface area contributed by atoms with Crippen molar-refractivity contribution >= 4 is 28.9 Å². The Kier molecular flexibility index (Phi) is 4.64. The van der Waals surface area contributed by atoms with Gasteiger partial charge in [0.15, 0.2) is 0 Å². The molecule has 5 heteroatoms. The van der Waals surface area contributed by atoms with Gasteiger partial charge in [0, 0.05) is 6.54 Å². The first-order chi connectivity index (χ1) is 7.00. The lowest BCUT2D eigenvalue weighted by Gasteiger charge is -2.11. The smallest absolute Gasteiger partial charge is 0.126 e. The van der Waals surface area contributed by atoms with Crippen molar-refractivity contribution < 1.29 is 9.50 Å². The zero-order chi connectivity index (χ0) is 11.4. The molecule has 0 saturated carbocycles. The Labute approximate surface area is 98.0 Å². The van der Waals surface area contributed by atoms with Gasteiger partial charge in [0.05, 0.1) is 21.8 Å². The summed E-state index contributed by atoms with van der Waals surface area (Å²) in [5.41, 5.74) is 0.500. The van der Waals surface area contributed by atoms with Gasteiger partial charge in [0.2, 0.25) is 0 Å². The Hall–Kier alpha value is -0.510. The zero-order valence-electron chi connectivity index (χ0n) is 8.23. The molecule has 0 heterocycles. The maximum atomic E-state index is 12.8. The van der Waals surface area contributed by atoms with E-state index in [9.17, 15) is 4.39 Å². The van der Waals surface area contributed by atoms with Crippen LogP contribution in [-0.2, 0) is 0 Å². The largest absolute Gasteiger partial charge is 0.393 e. The first kappa shape index (κ1) is 12.6. The molecule has 1 aromatic rings. The fraction of sp³-hybridized carbons (Fsp3) is 0.400. The van der Waals surface area contributed by atoms with Gasteiger partial charge < -0.3 is 10.4 Å². The van der Waals surface area contributed by atoms with Crippen LogP contribution in [0.25, 0.3) is 0 Å². The van der Waals surface area contributed by atoms with E-state index >= 15 is 0 Å². The van der Waals surface area contributed by atoms with Gasteiger partial charge in [-0.3, -0.25) is 0 Å². The second-order valence-corrected chi connectivity index (χ2v) is 4.12. The van der Waals surface area contributed by atoms with E-state index in [0.29, 0.717) is 18.7 Å². The second kappa shape index (κ2) is 5.54. The molecule has 1 atom stereocenters. The van der Waals surface area contributed by atoms with Crippen molar-refractivity contribution in [3.63, 3.8) is 0 Å². The fourth-order valence-electron chi connectivity index (χ4n) is 1.12. The molecule has 0 amide bonds. The highest BCUT2D eigenvalue weighted by Crippen LogP contribution is 2.31. The summed E-state index contributed by atoms with van der Waals surface area (Å²) in [5.74, 6) is -0.467. The van der Waals surface area contributed by atoms with Gasteiger partial charge >= 0.3 is 0 Å². The van der Waals surface area contributed by atoms with E-state index in [4.69, 9.17) is 28.3 Å². The summed E-state index contributed by atoms with van der Waals surface area (Å²) < 4.78 is 12.8. The van der Waals surface area contributed by atoms with Crippen molar-refractivity contribution in [3.05, 3.63) is 28.0 Å². The molecule has 1 rings (SSSR count). The van der Waals surface area contributed by atoms with Gasteiger partial charge in [-0.1, -0.05) is 23.2 Å². The molecule has 0 spiro atoms. The molecule has 1 unspecified atom stereocenters. The third kappa shape index (κ3) is 3.86. The van der Waals surface area contributed by atoms with Gasteiger partial charge in [-0.05, 0) is 25.5 Å². The van der Waals surface area contributed by atoms with Crippen LogP contribution >= 0.6 is 23.2 Å². The highest BCUT2D eigenvalue weighted by Gasteiger charge is 2.08. The number of rotatable bonds is 4. The molecule has 2 nitrogen and oxygen atoms in total. The number of hydrogen-bond acceptors (Lipinski definition) is 2. The fourth-order valence-corrected chi connectivity index (χ4v) is 1.71. The zero-order valence-corrected chi connectivity index (χ0v) is 9.74. The van der Waals surface area contributed by atoms with Crippen molar-refractivity contribution in [2.45, 2.75) is 19.4 Å². The van der Waals surface area contributed by atoms with Crippen LogP contribution in [0.3, 0.4) is 0 Å². The summed E-state index contributed by atoms with van der Waals surface area (Å²) in [5, 5.41) is 12.5. The van der Waals surface area contributed by atoms with Crippen LogP contribution in [0, 0.1) is 5.82 Å². The standard InChI is InChI=1S/C10H12Cl2FNO/c1-6(15)2-3-14-10-8(11)4-7(13)5-9(10)12/h4-6,14-15H,2-3H2,1H3. The Morgan fingerprint density at radius 2 is 1.93 bits per heavy atom. The van der Waals surface area contributed by atoms with Crippen molar-refractivity contribution in [1.82, 2.24) is 0 Å². The minimum Gasteiger partial charge on any atom is -0.393 e. The Bertz CT molecular complexity index is 321. The minimum absolute atomic E-state index is 0.241. The molecule has 84 valence electrons. The van der Waals surface area contributed by atoms with Crippen LogP contribution in [0.15, 0.2) is 12.1 Å². The Balaban J connectivity index is 2.68. The molecule has 0 bridgehead atoms. The predicted molar refractivity (Wildman–Crippen MR) is 61.2 cm³/mol. The van der Waals surface area contributed by atoms with Gasteiger partial charge in [0.25, 0.3) is 0 Å². The van der Waals surface area contributed by atoms with Crippen LogP contribution in [0.5, 0.6) is 0 Å². The summed E-state index contributed by atoms with van der Waals surface area (Å²) in [4.78, 5) is 0. The van der Waals surface area contributed by atoms with E-state index in [1.54, 1.807) is 6.92 Å². The number of nitrogens with one attached hydrogen (secondary N) is 1. The summed E-state index contributed by atoms with van der Waals surface area (Å²) in [6, 6.07) is 2.39. The summed E-state index contributed by atoms with van der Waals surface area (Å²) in [6.07, 6.45) is 0.180. The molecule has 0 aromatic heterocycles. The van der Waals surface area contributed by atoms with E-state index in [1.165, 1.54) is 12.1 Å². The molecule has 0 aliphatic carbocycles. The van der Waals surface area contributed by atoms with E-state index in [0.717, 1.165) is 0 Å². The highest BCUT2D eigenvalue weighted by molar-refractivity contribution is 6.39. The second-order valence-electron chi connectivity index (χ2n) is 3.31. The molecule has 0 fully saturated rings.